The van der Waals surface area contributed by atoms with Gasteiger partial charge in [-0.1, -0.05) is 26.8 Å². The average molecular weight is 496 g/mol. The number of pyridine rings is 1. The first kappa shape index (κ1) is 25.8. The number of amides is 1. The van der Waals surface area contributed by atoms with Gasteiger partial charge in [-0.25, -0.2) is 9.37 Å². The molecule has 1 amide bonds. The third kappa shape index (κ3) is 4.49. The van der Waals surface area contributed by atoms with Crippen LogP contribution in [-0.4, -0.2) is 68.1 Å². The minimum Gasteiger partial charge on any atom is -0.494 e. The Hall–Kier alpha value is -3.29. The van der Waals surface area contributed by atoms with Crippen molar-refractivity contribution in [1.29, 1.82) is 0 Å². The number of β-lactam (4-membered cyclic amide) rings is 1. The minimum atomic E-state index is -0.397. The number of rotatable bonds is 6. The first-order valence-corrected chi connectivity index (χ1v) is 12.9. The number of nitrogens with one attached hydrogen (secondary N) is 1. The van der Waals surface area contributed by atoms with Crippen LogP contribution in [0.5, 0.6) is 5.75 Å². The molecule has 1 N–H and O–H groups in total. The topological polar surface area (TPSA) is 60.9 Å². The van der Waals surface area contributed by atoms with Crippen molar-refractivity contribution in [1.82, 2.24) is 14.8 Å². The molecule has 4 heterocycles. The SMILES string of the molecule is CC.CCCN(C)c1ccc(C2C=C(N3CCC4(CN(C)C4=O)C3)c3cc(F)c(OC)cc3N2)cn1. The quantitative estimate of drug-likeness (QED) is 0.583. The Morgan fingerprint density at radius 2 is 2.06 bits per heavy atom. The number of benzene rings is 1. The molecule has 8 heteroatoms. The molecule has 2 aromatic rings. The highest BCUT2D eigenvalue weighted by atomic mass is 19.1. The molecule has 0 saturated carbocycles. The van der Waals surface area contributed by atoms with Crippen molar-refractivity contribution in [3.8, 4) is 5.75 Å². The molecule has 0 radical (unpaired) electrons. The van der Waals surface area contributed by atoms with Gasteiger partial charge >= 0.3 is 0 Å². The van der Waals surface area contributed by atoms with E-state index in [1.54, 1.807) is 11.0 Å². The van der Waals surface area contributed by atoms with E-state index in [0.717, 1.165) is 60.8 Å². The molecule has 7 nitrogen and oxygen atoms in total. The monoisotopic (exact) mass is 495 g/mol. The minimum absolute atomic E-state index is 0.132. The van der Waals surface area contributed by atoms with Crippen LogP contribution < -0.4 is 15.0 Å². The van der Waals surface area contributed by atoms with Gasteiger partial charge in [-0.3, -0.25) is 4.79 Å². The third-order valence-electron chi connectivity index (χ3n) is 7.32. The highest BCUT2D eigenvalue weighted by molar-refractivity contribution is 5.90. The molecule has 1 aromatic carbocycles. The highest BCUT2D eigenvalue weighted by Crippen LogP contribution is 2.46. The number of anilines is 2. The molecule has 2 atom stereocenters. The summed E-state index contributed by atoms with van der Waals surface area (Å²) in [6.45, 7) is 9.29. The standard InChI is InChI=1S/C26H32FN5O2.C2H6/c1-5-9-30(2)24-7-6-17(14-28-24)20-12-22(18-11-19(27)23(34-4)13-21(18)29-20)32-10-8-26(16-32)15-31(3)25(26)33;1-2/h6-7,11-14,20,29H,5,8-10,15-16H2,1-4H3;1-2H3. The van der Waals surface area contributed by atoms with Crippen molar-refractivity contribution in [2.75, 3.05) is 57.6 Å². The normalized spacial score (nSPS) is 22.2. The first-order chi connectivity index (χ1) is 17.3. The van der Waals surface area contributed by atoms with Crippen molar-refractivity contribution in [3.63, 3.8) is 0 Å². The van der Waals surface area contributed by atoms with E-state index >= 15 is 0 Å². The Kier molecular flexibility index (Phi) is 7.43. The van der Waals surface area contributed by atoms with Gasteiger partial charge in [0.1, 0.15) is 5.82 Å². The van der Waals surface area contributed by atoms with E-state index < -0.39 is 5.82 Å². The van der Waals surface area contributed by atoms with Gasteiger partial charge in [0, 0.05) is 69.5 Å². The number of hydrogen-bond donors (Lipinski definition) is 1. The van der Waals surface area contributed by atoms with E-state index in [-0.39, 0.29) is 23.1 Å². The molecule has 2 saturated heterocycles. The molecule has 2 fully saturated rings. The summed E-state index contributed by atoms with van der Waals surface area (Å²) in [5, 5.41) is 3.53. The summed E-state index contributed by atoms with van der Waals surface area (Å²) in [7, 11) is 5.36. The number of ether oxygens (including phenoxy) is 1. The second kappa shape index (κ2) is 10.4. The van der Waals surface area contributed by atoms with Crippen LogP contribution in [0.15, 0.2) is 36.5 Å². The Labute approximate surface area is 213 Å². The zero-order chi connectivity index (χ0) is 26.0. The fraction of sp³-hybridized carbons (Fsp3) is 0.500. The summed E-state index contributed by atoms with van der Waals surface area (Å²) < 4.78 is 20.0. The van der Waals surface area contributed by atoms with Crippen molar-refractivity contribution >= 4 is 23.1 Å². The summed E-state index contributed by atoms with van der Waals surface area (Å²) in [5.41, 5.74) is 3.26. The number of methoxy groups -OCH3 is 1. The maximum Gasteiger partial charge on any atom is 0.232 e. The number of hydrogen-bond acceptors (Lipinski definition) is 6. The summed E-state index contributed by atoms with van der Waals surface area (Å²) in [5.74, 6) is 0.947. The number of halogens is 1. The van der Waals surface area contributed by atoms with Crippen LogP contribution in [-0.2, 0) is 4.79 Å². The summed E-state index contributed by atoms with van der Waals surface area (Å²) in [6.07, 6.45) is 5.90. The van der Waals surface area contributed by atoms with Crippen LogP contribution in [0.25, 0.3) is 5.70 Å². The number of aromatic nitrogens is 1. The molecule has 2 unspecified atom stereocenters. The maximum atomic E-state index is 14.7. The molecular weight excluding hydrogens is 457 g/mol. The summed E-state index contributed by atoms with van der Waals surface area (Å²) in [6, 6.07) is 7.24. The smallest absolute Gasteiger partial charge is 0.232 e. The van der Waals surface area contributed by atoms with E-state index in [1.165, 1.54) is 13.2 Å². The largest absolute Gasteiger partial charge is 0.494 e. The third-order valence-corrected chi connectivity index (χ3v) is 7.32. The van der Waals surface area contributed by atoms with Gasteiger partial charge in [0.25, 0.3) is 0 Å². The van der Waals surface area contributed by atoms with Gasteiger partial charge in [-0.2, -0.15) is 0 Å². The van der Waals surface area contributed by atoms with Gasteiger partial charge in [-0.05, 0) is 36.6 Å². The maximum absolute atomic E-state index is 14.7. The molecule has 0 aliphatic carbocycles. The molecule has 0 bridgehead atoms. The lowest BCUT2D eigenvalue weighted by Gasteiger charge is -2.44. The average Bonchev–Trinajstić information content (AvgIpc) is 3.35. The van der Waals surface area contributed by atoms with Gasteiger partial charge in [0.2, 0.25) is 5.91 Å². The van der Waals surface area contributed by atoms with Crippen molar-refractivity contribution < 1.29 is 13.9 Å². The predicted octanol–water partition coefficient (Wildman–Crippen LogP) is 4.77. The van der Waals surface area contributed by atoms with Crippen LogP contribution in [0.1, 0.15) is 50.8 Å². The van der Waals surface area contributed by atoms with E-state index in [1.807, 2.05) is 40.2 Å². The molecule has 1 aromatic heterocycles. The number of nitrogens with zero attached hydrogens (tertiary/aromatic N) is 4. The predicted molar refractivity (Wildman–Crippen MR) is 143 cm³/mol. The van der Waals surface area contributed by atoms with Crippen molar-refractivity contribution in [2.24, 2.45) is 5.41 Å². The zero-order valence-electron chi connectivity index (χ0n) is 22.3. The molecule has 194 valence electrons. The Morgan fingerprint density at radius 1 is 1.28 bits per heavy atom. The van der Waals surface area contributed by atoms with E-state index in [9.17, 15) is 9.18 Å². The first-order valence-electron chi connectivity index (χ1n) is 12.9. The number of carbonyl (C=O) groups is 1. The highest BCUT2D eigenvalue weighted by Gasteiger charge is 2.54. The van der Waals surface area contributed by atoms with Gasteiger partial charge in [0.15, 0.2) is 11.6 Å². The second-order valence-corrected chi connectivity index (χ2v) is 9.69. The lowest BCUT2D eigenvalue weighted by Crippen LogP contribution is -2.60. The fourth-order valence-electron chi connectivity index (χ4n) is 5.50. The molecule has 3 aliphatic heterocycles. The zero-order valence-corrected chi connectivity index (χ0v) is 22.3. The van der Waals surface area contributed by atoms with Crippen molar-refractivity contribution in [3.05, 3.63) is 53.5 Å². The van der Waals surface area contributed by atoms with Crippen LogP contribution in [0, 0.1) is 11.2 Å². The summed E-state index contributed by atoms with van der Waals surface area (Å²) >= 11 is 0. The molecule has 3 aliphatic rings. The fourth-order valence-corrected chi connectivity index (χ4v) is 5.50. The van der Waals surface area contributed by atoms with Gasteiger partial charge < -0.3 is 24.8 Å². The lowest BCUT2D eigenvalue weighted by molar-refractivity contribution is -0.155. The van der Waals surface area contributed by atoms with E-state index in [4.69, 9.17) is 4.74 Å². The Morgan fingerprint density at radius 3 is 2.67 bits per heavy atom. The second-order valence-electron chi connectivity index (χ2n) is 9.69. The molecular formula is C28H38FN5O2. The molecule has 5 rings (SSSR count). The summed E-state index contributed by atoms with van der Waals surface area (Å²) in [4.78, 5) is 23.4. The number of carbonyl (C=O) groups excluding carboxylic acids is 1. The Bertz CT molecular complexity index is 1140. The van der Waals surface area contributed by atoms with E-state index in [2.05, 4.69) is 39.2 Å². The molecule has 36 heavy (non-hydrogen) atoms. The van der Waals surface area contributed by atoms with Crippen LogP contribution in [0.4, 0.5) is 15.9 Å². The van der Waals surface area contributed by atoms with Gasteiger partial charge in [0.05, 0.1) is 18.6 Å². The van der Waals surface area contributed by atoms with Crippen LogP contribution >= 0.6 is 0 Å². The molecule has 1 spiro atoms. The Balaban J connectivity index is 0.00000148. The lowest BCUT2D eigenvalue weighted by atomic mass is 9.78. The number of likely N-dealkylation sites (tertiary alicyclic amines) is 2. The van der Waals surface area contributed by atoms with Crippen molar-refractivity contribution in [2.45, 2.75) is 39.7 Å². The van der Waals surface area contributed by atoms with Gasteiger partial charge in [-0.15, -0.1) is 0 Å². The van der Waals surface area contributed by atoms with Crippen LogP contribution in [0.3, 0.4) is 0 Å². The number of fused-ring (bicyclic) bond motifs is 1. The van der Waals surface area contributed by atoms with Crippen LogP contribution in [0.2, 0.25) is 0 Å². The van der Waals surface area contributed by atoms with E-state index in [0.29, 0.717) is 6.54 Å².